The quantitative estimate of drug-likeness (QED) is 0.651. The maximum absolute atomic E-state index is 13.2. The smallest absolute Gasteiger partial charge is 0.325 e. The fraction of sp³-hybridized carbons (Fsp3) is 0.474. The van der Waals surface area contributed by atoms with Crippen molar-refractivity contribution in [3.05, 3.63) is 35.4 Å². The molecule has 1 aromatic carbocycles. The third-order valence-electron chi connectivity index (χ3n) is 5.02. The molecule has 1 saturated heterocycles. The number of benzene rings is 1. The molecule has 0 radical (unpaired) electrons. The molecule has 0 aromatic heterocycles. The fourth-order valence-electron chi connectivity index (χ4n) is 3.75. The van der Waals surface area contributed by atoms with Gasteiger partial charge in [0.2, 0.25) is 11.8 Å². The van der Waals surface area contributed by atoms with Crippen molar-refractivity contribution in [3.63, 3.8) is 0 Å². The molecule has 1 aliphatic carbocycles. The zero-order chi connectivity index (χ0) is 19.4. The van der Waals surface area contributed by atoms with Crippen molar-refractivity contribution in [1.29, 1.82) is 0 Å². The molecular weight excluding hydrogens is 348 g/mol. The van der Waals surface area contributed by atoms with Crippen LogP contribution in [0.2, 0.25) is 0 Å². The first-order chi connectivity index (χ1) is 13.0. The zero-order valence-corrected chi connectivity index (χ0v) is 15.3. The number of rotatable bonds is 5. The third-order valence-corrected chi connectivity index (χ3v) is 5.02. The van der Waals surface area contributed by atoms with E-state index in [2.05, 4.69) is 16.0 Å². The van der Waals surface area contributed by atoms with E-state index in [9.17, 15) is 19.2 Å². The summed E-state index contributed by atoms with van der Waals surface area (Å²) >= 11 is 0. The summed E-state index contributed by atoms with van der Waals surface area (Å²) in [5, 5.41) is 7.83. The second-order valence-corrected chi connectivity index (χ2v) is 6.82. The van der Waals surface area contributed by atoms with E-state index >= 15 is 0 Å². The number of amides is 5. The van der Waals surface area contributed by atoms with E-state index in [0.717, 1.165) is 35.3 Å². The number of hydrogen-bond acceptors (Lipinski definition) is 4. The number of aryl methyl sites for hydroxylation is 1. The van der Waals surface area contributed by atoms with Crippen LogP contribution in [0.15, 0.2) is 24.3 Å². The summed E-state index contributed by atoms with van der Waals surface area (Å²) in [7, 11) is 0. The summed E-state index contributed by atoms with van der Waals surface area (Å²) in [6.45, 7) is 1.64. The predicted molar refractivity (Wildman–Crippen MR) is 97.6 cm³/mol. The van der Waals surface area contributed by atoms with Crippen LogP contribution in [0.1, 0.15) is 37.3 Å². The highest BCUT2D eigenvalue weighted by Crippen LogP contribution is 2.38. The Labute approximate surface area is 157 Å². The zero-order valence-electron chi connectivity index (χ0n) is 15.3. The molecule has 1 atom stereocenters. The summed E-state index contributed by atoms with van der Waals surface area (Å²) in [6, 6.07) is 7.05. The molecule has 0 saturated carbocycles. The monoisotopic (exact) mass is 372 g/mol. The topological polar surface area (TPSA) is 108 Å². The normalized spacial score (nSPS) is 21.4. The van der Waals surface area contributed by atoms with Crippen molar-refractivity contribution in [2.75, 3.05) is 19.6 Å². The van der Waals surface area contributed by atoms with Gasteiger partial charge in [0.25, 0.3) is 5.91 Å². The Bertz CT molecular complexity index is 779. The van der Waals surface area contributed by atoms with Gasteiger partial charge < -0.3 is 16.0 Å². The second kappa shape index (κ2) is 7.77. The highest BCUT2D eigenvalue weighted by Gasteiger charge is 2.53. The summed E-state index contributed by atoms with van der Waals surface area (Å²) in [5.74, 6) is -1.28. The van der Waals surface area contributed by atoms with E-state index in [1.807, 2.05) is 24.3 Å². The SMILES string of the molecule is CCNC(=O)CNC(=O)CN1C(=O)NC2(CCCCc3ccccc32)C1=O. The summed E-state index contributed by atoms with van der Waals surface area (Å²) in [5.41, 5.74) is 0.751. The number of likely N-dealkylation sites (N-methyl/N-ethyl adjacent to an activating group) is 1. The van der Waals surface area contributed by atoms with Gasteiger partial charge in [-0.05, 0) is 43.7 Å². The molecule has 3 N–H and O–H groups in total. The van der Waals surface area contributed by atoms with Crippen LogP contribution in [-0.4, -0.2) is 48.3 Å². The van der Waals surface area contributed by atoms with Crippen LogP contribution in [0.3, 0.4) is 0 Å². The lowest BCUT2D eigenvalue weighted by Crippen LogP contribution is -2.46. The molecule has 3 rings (SSSR count). The number of nitrogens with zero attached hydrogens (tertiary/aromatic N) is 1. The van der Waals surface area contributed by atoms with Crippen molar-refractivity contribution in [2.24, 2.45) is 0 Å². The Kier molecular flexibility index (Phi) is 5.43. The van der Waals surface area contributed by atoms with Crippen LogP contribution in [0.4, 0.5) is 4.79 Å². The van der Waals surface area contributed by atoms with E-state index in [4.69, 9.17) is 0 Å². The van der Waals surface area contributed by atoms with Crippen molar-refractivity contribution in [3.8, 4) is 0 Å². The number of carbonyl (C=O) groups is 4. The molecule has 0 bridgehead atoms. The first-order valence-electron chi connectivity index (χ1n) is 9.24. The van der Waals surface area contributed by atoms with Crippen LogP contribution in [0.5, 0.6) is 0 Å². The minimum atomic E-state index is -1.11. The first kappa shape index (κ1) is 18.9. The summed E-state index contributed by atoms with van der Waals surface area (Å²) < 4.78 is 0. The van der Waals surface area contributed by atoms with Gasteiger partial charge in [0, 0.05) is 6.54 Å². The standard InChI is InChI=1S/C19H24N4O4/c1-2-20-15(24)11-21-16(25)12-23-17(26)19(22-18(23)27)10-6-5-8-13-7-3-4-9-14(13)19/h3-4,7,9H,2,5-6,8,10-12H2,1H3,(H,20,24)(H,21,25)(H,22,27). The Morgan fingerprint density at radius 3 is 2.70 bits per heavy atom. The second-order valence-electron chi connectivity index (χ2n) is 6.82. The number of urea groups is 1. The highest BCUT2D eigenvalue weighted by atomic mass is 16.2. The van der Waals surface area contributed by atoms with Gasteiger partial charge in [-0.1, -0.05) is 24.3 Å². The fourth-order valence-corrected chi connectivity index (χ4v) is 3.75. The lowest BCUT2D eigenvalue weighted by Gasteiger charge is -2.27. The van der Waals surface area contributed by atoms with Crippen molar-refractivity contribution in [2.45, 2.75) is 38.1 Å². The minimum absolute atomic E-state index is 0.190. The lowest BCUT2D eigenvalue weighted by atomic mass is 9.84. The maximum Gasteiger partial charge on any atom is 0.325 e. The Morgan fingerprint density at radius 1 is 1.15 bits per heavy atom. The number of hydrogen-bond donors (Lipinski definition) is 3. The molecule has 27 heavy (non-hydrogen) atoms. The van der Waals surface area contributed by atoms with E-state index in [-0.39, 0.29) is 12.5 Å². The van der Waals surface area contributed by atoms with Gasteiger partial charge in [0.15, 0.2) is 0 Å². The molecule has 1 unspecified atom stereocenters. The lowest BCUT2D eigenvalue weighted by molar-refractivity contribution is -0.135. The van der Waals surface area contributed by atoms with Gasteiger partial charge in [-0.3, -0.25) is 19.3 Å². The van der Waals surface area contributed by atoms with E-state index in [0.29, 0.717) is 13.0 Å². The van der Waals surface area contributed by atoms with E-state index in [1.165, 1.54) is 0 Å². The van der Waals surface area contributed by atoms with Crippen LogP contribution in [0, 0.1) is 0 Å². The van der Waals surface area contributed by atoms with Crippen molar-refractivity contribution < 1.29 is 19.2 Å². The number of fused-ring (bicyclic) bond motifs is 2. The number of carbonyl (C=O) groups excluding carboxylic acids is 4. The molecule has 8 nitrogen and oxygen atoms in total. The average Bonchev–Trinajstić information content (AvgIpc) is 2.80. The molecule has 1 fully saturated rings. The third kappa shape index (κ3) is 3.65. The largest absolute Gasteiger partial charge is 0.355 e. The molecule has 2 aliphatic rings. The predicted octanol–water partition coefficient (Wildman–Crippen LogP) is 0.412. The van der Waals surface area contributed by atoms with Crippen LogP contribution < -0.4 is 16.0 Å². The molecule has 1 spiro atoms. The van der Waals surface area contributed by atoms with Crippen molar-refractivity contribution >= 4 is 23.8 Å². The maximum atomic E-state index is 13.2. The van der Waals surface area contributed by atoms with Gasteiger partial charge >= 0.3 is 6.03 Å². The molecule has 1 heterocycles. The molecule has 1 aliphatic heterocycles. The molecule has 1 aromatic rings. The molecular formula is C19H24N4O4. The number of imide groups is 1. The molecule has 5 amide bonds. The molecule has 144 valence electrons. The van der Waals surface area contributed by atoms with Gasteiger partial charge in [-0.15, -0.1) is 0 Å². The van der Waals surface area contributed by atoms with Gasteiger partial charge in [-0.25, -0.2) is 4.79 Å². The number of nitrogens with one attached hydrogen (secondary N) is 3. The average molecular weight is 372 g/mol. The van der Waals surface area contributed by atoms with E-state index in [1.54, 1.807) is 6.92 Å². The van der Waals surface area contributed by atoms with Crippen LogP contribution >= 0.6 is 0 Å². The Morgan fingerprint density at radius 2 is 1.93 bits per heavy atom. The summed E-state index contributed by atoms with van der Waals surface area (Å²) in [4.78, 5) is 50.2. The first-order valence-corrected chi connectivity index (χ1v) is 9.24. The molecule has 8 heteroatoms. The minimum Gasteiger partial charge on any atom is -0.355 e. The Hall–Kier alpha value is -2.90. The van der Waals surface area contributed by atoms with Gasteiger partial charge in [0.05, 0.1) is 6.54 Å². The van der Waals surface area contributed by atoms with Gasteiger partial charge in [-0.2, -0.15) is 0 Å². The Balaban J connectivity index is 1.75. The van der Waals surface area contributed by atoms with Gasteiger partial charge in [0.1, 0.15) is 12.1 Å². The van der Waals surface area contributed by atoms with Crippen molar-refractivity contribution in [1.82, 2.24) is 20.9 Å². The van der Waals surface area contributed by atoms with Crippen LogP contribution in [0.25, 0.3) is 0 Å². The van der Waals surface area contributed by atoms with Crippen LogP contribution in [-0.2, 0) is 26.3 Å². The summed E-state index contributed by atoms with van der Waals surface area (Å²) in [6.07, 6.45) is 3.10. The highest BCUT2D eigenvalue weighted by molar-refractivity contribution is 6.09. The van der Waals surface area contributed by atoms with E-state index < -0.39 is 29.9 Å².